The molecule has 2 rings (SSSR count). The van der Waals surface area contributed by atoms with Crippen molar-refractivity contribution in [2.24, 2.45) is 17.6 Å². The highest BCUT2D eigenvalue weighted by atomic mass is 16.4. The second kappa shape index (κ2) is 4.75. The third-order valence-electron chi connectivity index (χ3n) is 3.09. The average Bonchev–Trinajstić information content (AvgIpc) is 2.94. The molecule has 1 aromatic heterocycles. The topological polar surface area (TPSA) is 111 Å². The van der Waals surface area contributed by atoms with Crippen molar-refractivity contribution in [1.82, 2.24) is 14.8 Å². The standard InChI is InChI=1S/C11H16N4O3/c1-2-3-8-13-10(9(12)16)14-15(8)5-6-4-7(6)11(17)18/h6-7H,2-5H2,1H3,(H2,12,16)(H,17,18)/t6-,7+/m0/s1. The van der Waals surface area contributed by atoms with Gasteiger partial charge in [0.25, 0.3) is 5.91 Å². The molecule has 7 heteroatoms. The molecule has 1 aliphatic rings. The Morgan fingerprint density at radius 1 is 1.56 bits per heavy atom. The number of amides is 1. The van der Waals surface area contributed by atoms with Crippen LogP contribution in [-0.2, 0) is 17.8 Å². The minimum atomic E-state index is -0.771. The van der Waals surface area contributed by atoms with Crippen molar-refractivity contribution in [1.29, 1.82) is 0 Å². The Morgan fingerprint density at radius 2 is 2.28 bits per heavy atom. The number of carbonyl (C=O) groups is 2. The van der Waals surface area contributed by atoms with E-state index >= 15 is 0 Å². The third kappa shape index (κ3) is 2.49. The molecule has 18 heavy (non-hydrogen) atoms. The minimum absolute atomic E-state index is 0.00553. The lowest BCUT2D eigenvalue weighted by Crippen LogP contribution is -2.14. The van der Waals surface area contributed by atoms with E-state index < -0.39 is 11.9 Å². The van der Waals surface area contributed by atoms with Crippen LogP contribution in [0.1, 0.15) is 36.2 Å². The zero-order valence-corrected chi connectivity index (χ0v) is 10.2. The number of nitrogens with zero attached hydrogens (tertiary/aromatic N) is 3. The van der Waals surface area contributed by atoms with Gasteiger partial charge in [0.1, 0.15) is 5.82 Å². The molecule has 0 saturated heterocycles. The molecular formula is C11H16N4O3. The first-order valence-electron chi connectivity index (χ1n) is 5.99. The molecular weight excluding hydrogens is 236 g/mol. The molecule has 3 N–H and O–H groups in total. The van der Waals surface area contributed by atoms with Crippen molar-refractivity contribution < 1.29 is 14.7 Å². The molecule has 1 amide bonds. The number of carboxylic acid groups (broad SMARTS) is 1. The highest BCUT2D eigenvalue weighted by Gasteiger charge is 2.43. The van der Waals surface area contributed by atoms with Gasteiger partial charge in [-0.1, -0.05) is 6.92 Å². The Labute approximate surface area is 104 Å². The third-order valence-corrected chi connectivity index (χ3v) is 3.09. The first-order valence-corrected chi connectivity index (χ1v) is 5.99. The van der Waals surface area contributed by atoms with Gasteiger partial charge in [-0.15, -0.1) is 5.10 Å². The summed E-state index contributed by atoms with van der Waals surface area (Å²) in [5, 5.41) is 12.9. The van der Waals surface area contributed by atoms with Crippen LogP contribution in [-0.4, -0.2) is 31.7 Å². The molecule has 2 atom stereocenters. The summed E-state index contributed by atoms with van der Waals surface area (Å²) in [5.41, 5.74) is 5.14. The zero-order chi connectivity index (χ0) is 13.3. The van der Waals surface area contributed by atoms with Gasteiger partial charge in [0.15, 0.2) is 0 Å². The molecule has 1 aliphatic carbocycles. The molecule has 0 unspecified atom stereocenters. The Morgan fingerprint density at radius 3 is 2.78 bits per heavy atom. The van der Waals surface area contributed by atoms with E-state index in [0.29, 0.717) is 25.2 Å². The fourth-order valence-electron chi connectivity index (χ4n) is 2.01. The van der Waals surface area contributed by atoms with E-state index in [9.17, 15) is 9.59 Å². The Bertz CT molecular complexity index is 483. The second-order valence-corrected chi connectivity index (χ2v) is 4.59. The van der Waals surface area contributed by atoms with Crippen molar-refractivity contribution in [3.8, 4) is 0 Å². The molecule has 1 aromatic rings. The summed E-state index contributed by atoms with van der Waals surface area (Å²) in [4.78, 5) is 25.9. The molecule has 0 aliphatic heterocycles. The molecule has 0 spiro atoms. The monoisotopic (exact) mass is 252 g/mol. The lowest BCUT2D eigenvalue weighted by Gasteiger charge is -2.03. The van der Waals surface area contributed by atoms with Crippen LogP contribution in [0.5, 0.6) is 0 Å². The molecule has 7 nitrogen and oxygen atoms in total. The quantitative estimate of drug-likeness (QED) is 0.743. The van der Waals surface area contributed by atoms with Crippen LogP contribution < -0.4 is 5.73 Å². The van der Waals surface area contributed by atoms with Crippen LogP contribution in [0.2, 0.25) is 0 Å². The van der Waals surface area contributed by atoms with Crippen LogP contribution in [0.25, 0.3) is 0 Å². The summed E-state index contributed by atoms with van der Waals surface area (Å²) >= 11 is 0. The number of hydrogen-bond donors (Lipinski definition) is 2. The number of primary amides is 1. The predicted molar refractivity (Wildman–Crippen MR) is 61.8 cm³/mol. The average molecular weight is 252 g/mol. The summed E-state index contributed by atoms with van der Waals surface area (Å²) in [6.45, 7) is 2.49. The maximum absolute atomic E-state index is 11.0. The van der Waals surface area contributed by atoms with Gasteiger partial charge >= 0.3 is 5.97 Å². The number of carbonyl (C=O) groups excluding carboxylic acids is 1. The van der Waals surface area contributed by atoms with Gasteiger partial charge in [0.05, 0.1) is 5.92 Å². The van der Waals surface area contributed by atoms with Crippen molar-refractivity contribution >= 4 is 11.9 Å². The van der Waals surface area contributed by atoms with Gasteiger partial charge in [0.2, 0.25) is 5.82 Å². The van der Waals surface area contributed by atoms with E-state index in [2.05, 4.69) is 10.1 Å². The fourth-order valence-corrected chi connectivity index (χ4v) is 2.01. The number of aliphatic carboxylic acids is 1. The predicted octanol–water partition coefficient (Wildman–Crippen LogP) is 0.0502. The lowest BCUT2D eigenvalue weighted by atomic mass is 10.3. The Hall–Kier alpha value is -1.92. The van der Waals surface area contributed by atoms with Gasteiger partial charge in [-0.25, -0.2) is 9.67 Å². The van der Waals surface area contributed by atoms with Crippen molar-refractivity contribution in [2.45, 2.75) is 32.7 Å². The molecule has 1 saturated carbocycles. The van der Waals surface area contributed by atoms with E-state index in [1.165, 1.54) is 0 Å². The summed E-state index contributed by atoms with van der Waals surface area (Å²) < 4.78 is 1.62. The van der Waals surface area contributed by atoms with E-state index in [-0.39, 0.29) is 17.7 Å². The molecule has 0 aromatic carbocycles. The van der Waals surface area contributed by atoms with E-state index in [1.807, 2.05) is 6.92 Å². The number of aromatic nitrogens is 3. The fraction of sp³-hybridized carbons (Fsp3) is 0.636. The van der Waals surface area contributed by atoms with Crippen LogP contribution in [0.3, 0.4) is 0 Å². The maximum Gasteiger partial charge on any atom is 0.306 e. The number of rotatable bonds is 6. The normalized spacial score (nSPS) is 21.8. The highest BCUT2D eigenvalue weighted by molar-refractivity contribution is 5.88. The number of carboxylic acids is 1. The zero-order valence-electron chi connectivity index (χ0n) is 10.2. The van der Waals surface area contributed by atoms with Gasteiger partial charge in [0, 0.05) is 13.0 Å². The van der Waals surface area contributed by atoms with Crippen LogP contribution in [0.4, 0.5) is 0 Å². The first kappa shape index (κ1) is 12.5. The number of nitrogens with two attached hydrogens (primary N) is 1. The molecule has 0 radical (unpaired) electrons. The van der Waals surface area contributed by atoms with Crippen molar-refractivity contribution in [2.75, 3.05) is 0 Å². The van der Waals surface area contributed by atoms with Gasteiger partial charge in [-0.2, -0.15) is 0 Å². The first-order chi connectivity index (χ1) is 8.52. The summed E-state index contributed by atoms with van der Waals surface area (Å²) in [7, 11) is 0. The van der Waals surface area contributed by atoms with E-state index in [4.69, 9.17) is 10.8 Å². The lowest BCUT2D eigenvalue weighted by molar-refractivity contribution is -0.138. The largest absolute Gasteiger partial charge is 0.481 e. The maximum atomic E-state index is 11.0. The van der Waals surface area contributed by atoms with Gasteiger partial charge in [-0.05, 0) is 18.8 Å². The van der Waals surface area contributed by atoms with Crippen molar-refractivity contribution in [3.63, 3.8) is 0 Å². The second-order valence-electron chi connectivity index (χ2n) is 4.59. The van der Waals surface area contributed by atoms with Crippen LogP contribution in [0, 0.1) is 11.8 Å². The smallest absolute Gasteiger partial charge is 0.306 e. The summed E-state index contributed by atoms with van der Waals surface area (Å²) in [6, 6.07) is 0. The molecule has 1 fully saturated rings. The molecule has 0 bridgehead atoms. The number of hydrogen-bond acceptors (Lipinski definition) is 4. The minimum Gasteiger partial charge on any atom is -0.481 e. The van der Waals surface area contributed by atoms with Crippen LogP contribution in [0.15, 0.2) is 0 Å². The molecule has 98 valence electrons. The Balaban J connectivity index is 2.11. The van der Waals surface area contributed by atoms with Gasteiger partial charge < -0.3 is 10.8 Å². The molecule has 1 heterocycles. The Kier molecular flexibility index (Phi) is 3.31. The van der Waals surface area contributed by atoms with Crippen LogP contribution >= 0.6 is 0 Å². The summed E-state index contributed by atoms with van der Waals surface area (Å²) in [6.07, 6.45) is 2.24. The van der Waals surface area contributed by atoms with E-state index in [1.54, 1.807) is 4.68 Å². The van der Waals surface area contributed by atoms with Crippen molar-refractivity contribution in [3.05, 3.63) is 11.6 Å². The van der Waals surface area contributed by atoms with E-state index in [0.717, 1.165) is 6.42 Å². The summed E-state index contributed by atoms with van der Waals surface area (Å²) in [5.74, 6) is -0.932. The SMILES string of the molecule is CCCc1nc(C(N)=O)nn1C[C@@H]1C[C@H]1C(=O)O. The van der Waals surface area contributed by atoms with Gasteiger partial charge in [-0.3, -0.25) is 9.59 Å². The highest BCUT2D eigenvalue weighted by Crippen LogP contribution is 2.39. The number of aryl methyl sites for hydroxylation is 1.